The first-order chi connectivity index (χ1) is 5.31. The molecule has 3 heteroatoms. The maximum absolute atomic E-state index is 9.02. The van der Waals surface area contributed by atoms with Crippen LogP contribution in [-0.2, 0) is 4.74 Å². The van der Waals surface area contributed by atoms with Crippen molar-refractivity contribution in [1.82, 2.24) is 5.32 Å². The lowest BCUT2D eigenvalue weighted by Gasteiger charge is -2.05. The topological polar surface area (TPSA) is 41.5 Å². The number of aliphatic hydroxyl groups excluding tert-OH is 1. The van der Waals surface area contributed by atoms with E-state index < -0.39 is 6.23 Å². The van der Waals surface area contributed by atoms with Crippen molar-refractivity contribution in [2.75, 3.05) is 13.7 Å². The van der Waals surface area contributed by atoms with Crippen molar-refractivity contribution in [3.63, 3.8) is 0 Å². The van der Waals surface area contributed by atoms with Crippen LogP contribution < -0.4 is 5.32 Å². The number of rotatable bonds is 5. The van der Waals surface area contributed by atoms with Crippen LogP contribution >= 0.6 is 0 Å². The summed E-state index contributed by atoms with van der Waals surface area (Å²) in [5.74, 6) is 2.34. The Morgan fingerprint density at radius 3 is 3.09 bits per heavy atom. The van der Waals surface area contributed by atoms with Crippen molar-refractivity contribution in [3.05, 3.63) is 12.3 Å². The van der Waals surface area contributed by atoms with Gasteiger partial charge >= 0.3 is 0 Å². The van der Waals surface area contributed by atoms with Crippen molar-refractivity contribution in [1.29, 1.82) is 0 Å². The van der Waals surface area contributed by atoms with Crippen molar-refractivity contribution < 1.29 is 9.84 Å². The van der Waals surface area contributed by atoms with E-state index in [9.17, 15) is 0 Å². The molecule has 0 bridgehead atoms. The van der Waals surface area contributed by atoms with E-state index in [1.54, 1.807) is 13.2 Å². The normalized spacial score (nSPS) is 12.8. The fraction of sp³-hybridized carbons (Fsp3) is 0.500. The van der Waals surface area contributed by atoms with Gasteiger partial charge in [0.2, 0.25) is 0 Å². The molecule has 0 heterocycles. The molecule has 62 valence electrons. The third-order valence-electron chi connectivity index (χ3n) is 1.01. The van der Waals surface area contributed by atoms with Crippen molar-refractivity contribution in [2.45, 2.75) is 12.6 Å². The van der Waals surface area contributed by atoms with Gasteiger partial charge in [-0.05, 0) is 6.08 Å². The fourth-order valence-electron chi connectivity index (χ4n) is 0.532. The zero-order valence-corrected chi connectivity index (χ0v) is 6.58. The summed E-state index contributed by atoms with van der Waals surface area (Å²) in [5.41, 5.74) is 0. The standard InChI is InChI=1S/C8H13NO2/c1-3-5-8(10)9-6-4-7-11-2/h1,4,7-10H,5-6H2,2H3/b7-4+. The first-order valence-corrected chi connectivity index (χ1v) is 3.34. The minimum atomic E-state index is -0.624. The van der Waals surface area contributed by atoms with Crippen LogP contribution in [0.15, 0.2) is 12.3 Å². The van der Waals surface area contributed by atoms with E-state index in [4.69, 9.17) is 11.5 Å². The summed E-state index contributed by atoms with van der Waals surface area (Å²) in [5, 5.41) is 11.8. The Morgan fingerprint density at radius 1 is 1.82 bits per heavy atom. The van der Waals surface area contributed by atoms with Crippen molar-refractivity contribution in [3.8, 4) is 12.3 Å². The first kappa shape index (κ1) is 10.0. The van der Waals surface area contributed by atoms with Gasteiger partial charge in [-0.25, -0.2) is 0 Å². The quantitative estimate of drug-likeness (QED) is 0.335. The van der Waals surface area contributed by atoms with Gasteiger partial charge in [0.25, 0.3) is 0 Å². The SMILES string of the molecule is C#CCC(O)NC/C=C/OC. The van der Waals surface area contributed by atoms with Crippen molar-refractivity contribution in [2.24, 2.45) is 0 Å². The van der Waals surface area contributed by atoms with E-state index in [1.807, 2.05) is 0 Å². The third-order valence-corrected chi connectivity index (χ3v) is 1.01. The molecule has 2 N–H and O–H groups in total. The molecule has 0 spiro atoms. The predicted molar refractivity (Wildman–Crippen MR) is 43.6 cm³/mol. The maximum atomic E-state index is 9.02. The Morgan fingerprint density at radius 2 is 2.55 bits per heavy atom. The van der Waals surface area contributed by atoms with Crippen LogP contribution in [-0.4, -0.2) is 25.0 Å². The number of methoxy groups -OCH3 is 1. The zero-order chi connectivity index (χ0) is 8.53. The summed E-state index contributed by atoms with van der Waals surface area (Å²) in [6, 6.07) is 0. The minimum absolute atomic E-state index is 0.320. The lowest BCUT2D eigenvalue weighted by atomic mass is 10.4. The molecule has 0 aromatic heterocycles. The molecular weight excluding hydrogens is 142 g/mol. The summed E-state index contributed by atoms with van der Waals surface area (Å²) in [6.45, 7) is 0.552. The fourth-order valence-corrected chi connectivity index (χ4v) is 0.532. The molecule has 0 aromatic carbocycles. The van der Waals surface area contributed by atoms with Gasteiger partial charge in [0, 0.05) is 13.0 Å². The number of hydrogen-bond donors (Lipinski definition) is 2. The molecule has 0 rings (SSSR count). The smallest absolute Gasteiger partial charge is 0.116 e. The van der Waals surface area contributed by atoms with Crippen LogP contribution in [0.3, 0.4) is 0 Å². The van der Waals surface area contributed by atoms with Gasteiger partial charge in [-0.1, -0.05) is 0 Å². The minimum Gasteiger partial charge on any atom is -0.505 e. The molecule has 1 unspecified atom stereocenters. The Bertz CT molecular complexity index is 149. The first-order valence-electron chi connectivity index (χ1n) is 3.34. The largest absolute Gasteiger partial charge is 0.505 e. The van der Waals surface area contributed by atoms with E-state index in [2.05, 4.69) is 16.0 Å². The van der Waals surface area contributed by atoms with Gasteiger partial charge in [-0.2, -0.15) is 0 Å². The Balaban J connectivity index is 3.25. The van der Waals surface area contributed by atoms with Gasteiger partial charge in [0.05, 0.1) is 13.4 Å². The average Bonchev–Trinajstić information content (AvgIpc) is 1.99. The Labute approximate surface area is 67.1 Å². The van der Waals surface area contributed by atoms with E-state index in [-0.39, 0.29) is 0 Å². The molecule has 11 heavy (non-hydrogen) atoms. The molecule has 0 radical (unpaired) electrons. The second-order valence-corrected chi connectivity index (χ2v) is 1.94. The Hall–Kier alpha value is -0.980. The highest BCUT2D eigenvalue weighted by Gasteiger charge is 1.95. The molecular formula is C8H13NO2. The molecule has 1 atom stereocenters. The number of ether oxygens (including phenoxy) is 1. The van der Waals surface area contributed by atoms with Crippen LogP contribution in [0.2, 0.25) is 0 Å². The van der Waals surface area contributed by atoms with Crippen LogP contribution in [0.4, 0.5) is 0 Å². The number of terminal acetylenes is 1. The Kier molecular flexibility index (Phi) is 6.50. The zero-order valence-electron chi connectivity index (χ0n) is 6.58. The van der Waals surface area contributed by atoms with Crippen LogP contribution in [0.25, 0.3) is 0 Å². The van der Waals surface area contributed by atoms with E-state index in [1.165, 1.54) is 6.26 Å². The number of aliphatic hydroxyl groups is 1. The van der Waals surface area contributed by atoms with E-state index in [0.29, 0.717) is 13.0 Å². The molecule has 3 nitrogen and oxygen atoms in total. The number of nitrogens with one attached hydrogen (secondary N) is 1. The molecule has 0 aromatic rings. The lowest BCUT2D eigenvalue weighted by molar-refractivity contribution is 0.147. The van der Waals surface area contributed by atoms with Gasteiger partial charge in [0.15, 0.2) is 0 Å². The second-order valence-electron chi connectivity index (χ2n) is 1.94. The molecule has 0 aliphatic heterocycles. The average molecular weight is 155 g/mol. The molecule has 0 fully saturated rings. The van der Waals surface area contributed by atoms with Gasteiger partial charge in [-0.3, -0.25) is 5.32 Å². The molecule has 0 amide bonds. The van der Waals surface area contributed by atoms with Crippen LogP contribution in [0.5, 0.6) is 0 Å². The van der Waals surface area contributed by atoms with Crippen molar-refractivity contribution >= 4 is 0 Å². The van der Waals surface area contributed by atoms with Crippen LogP contribution in [0, 0.1) is 12.3 Å². The van der Waals surface area contributed by atoms with E-state index >= 15 is 0 Å². The second kappa shape index (κ2) is 7.13. The van der Waals surface area contributed by atoms with Crippen LogP contribution in [0.1, 0.15) is 6.42 Å². The lowest BCUT2D eigenvalue weighted by Crippen LogP contribution is -2.28. The van der Waals surface area contributed by atoms with Gasteiger partial charge in [0.1, 0.15) is 6.23 Å². The summed E-state index contributed by atoms with van der Waals surface area (Å²) in [7, 11) is 1.56. The number of hydrogen-bond acceptors (Lipinski definition) is 3. The molecule has 0 saturated carbocycles. The molecule has 0 aliphatic rings. The van der Waals surface area contributed by atoms with Gasteiger partial charge in [-0.15, -0.1) is 12.3 Å². The predicted octanol–water partition coefficient (Wildman–Crippen LogP) is 0.0778. The summed E-state index contributed by atoms with van der Waals surface area (Å²) in [4.78, 5) is 0. The summed E-state index contributed by atoms with van der Waals surface area (Å²) >= 11 is 0. The third kappa shape index (κ3) is 6.91. The van der Waals surface area contributed by atoms with Gasteiger partial charge < -0.3 is 9.84 Å². The maximum Gasteiger partial charge on any atom is 0.116 e. The molecule has 0 aliphatic carbocycles. The highest BCUT2D eigenvalue weighted by molar-refractivity contribution is 4.87. The molecule has 0 saturated heterocycles. The highest BCUT2D eigenvalue weighted by atomic mass is 16.5. The highest BCUT2D eigenvalue weighted by Crippen LogP contribution is 1.82. The summed E-state index contributed by atoms with van der Waals surface area (Å²) < 4.78 is 4.64. The van der Waals surface area contributed by atoms with E-state index in [0.717, 1.165) is 0 Å². The monoisotopic (exact) mass is 155 g/mol. The summed E-state index contributed by atoms with van der Waals surface area (Å²) in [6.07, 6.45) is 7.95.